The minimum absolute atomic E-state index is 0.329. The highest BCUT2D eigenvalue weighted by Crippen LogP contribution is 1.96. The number of nitrogens with one attached hydrogen (secondary N) is 1. The SMILES string of the molecule is CCCOC(=O)C(C)OC(=O)NCCC[SiH2]O. The Morgan fingerprint density at radius 2 is 2.18 bits per heavy atom. The summed E-state index contributed by atoms with van der Waals surface area (Å²) >= 11 is 0. The molecule has 0 spiro atoms. The maximum absolute atomic E-state index is 11.3. The van der Waals surface area contributed by atoms with E-state index >= 15 is 0 Å². The van der Waals surface area contributed by atoms with Crippen LogP contribution in [0.5, 0.6) is 0 Å². The molecule has 0 aromatic carbocycles. The fourth-order valence-electron chi connectivity index (χ4n) is 0.998. The average Bonchev–Trinajstić information content (AvgIpc) is 2.31. The summed E-state index contributed by atoms with van der Waals surface area (Å²) in [4.78, 5) is 31.1. The zero-order chi connectivity index (χ0) is 13.1. The first-order valence-electron chi connectivity index (χ1n) is 5.83. The van der Waals surface area contributed by atoms with Gasteiger partial charge in [-0.1, -0.05) is 6.92 Å². The molecule has 0 heterocycles. The number of hydrogen-bond acceptors (Lipinski definition) is 5. The minimum Gasteiger partial charge on any atom is -0.463 e. The number of rotatable bonds is 8. The van der Waals surface area contributed by atoms with E-state index in [1.165, 1.54) is 6.92 Å². The van der Waals surface area contributed by atoms with Gasteiger partial charge < -0.3 is 19.6 Å². The molecule has 0 saturated heterocycles. The lowest BCUT2D eigenvalue weighted by molar-refractivity contribution is -0.152. The number of alkyl carbamates (subject to hydrolysis) is 1. The summed E-state index contributed by atoms with van der Waals surface area (Å²) < 4.78 is 9.64. The summed E-state index contributed by atoms with van der Waals surface area (Å²) in [6, 6.07) is 0.758. The Labute approximate surface area is 104 Å². The summed E-state index contributed by atoms with van der Waals surface area (Å²) in [7, 11) is -0.942. The zero-order valence-electron chi connectivity index (χ0n) is 10.4. The van der Waals surface area contributed by atoms with Crippen molar-refractivity contribution in [1.82, 2.24) is 5.32 Å². The van der Waals surface area contributed by atoms with E-state index in [-0.39, 0.29) is 0 Å². The van der Waals surface area contributed by atoms with E-state index in [9.17, 15) is 9.59 Å². The van der Waals surface area contributed by atoms with Crippen molar-refractivity contribution in [2.24, 2.45) is 0 Å². The summed E-state index contributed by atoms with van der Waals surface area (Å²) in [6.45, 7) is 4.13. The van der Waals surface area contributed by atoms with E-state index in [0.717, 1.165) is 18.9 Å². The number of hydrogen-bond donors (Lipinski definition) is 2. The number of carbonyl (C=O) groups is 2. The van der Waals surface area contributed by atoms with Crippen molar-refractivity contribution in [2.75, 3.05) is 13.2 Å². The van der Waals surface area contributed by atoms with Gasteiger partial charge in [-0.05, 0) is 25.8 Å². The molecule has 1 atom stereocenters. The van der Waals surface area contributed by atoms with Gasteiger partial charge in [0, 0.05) is 6.54 Å². The second-order valence-corrected chi connectivity index (χ2v) is 4.73. The lowest BCUT2D eigenvalue weighted by Gasteiger charge is -2.12. The topological polar surface area (TPSA) is 84.9 Å². The van der Waals surface area contributed by atoms with Gasteiger partial charge in [0.25, 0.3) is 0 Å². The fraction of sp³-hybridized carbons (Fsp3) is 0.800. The highest BCUT2D eigenvalue weighted by molar-refractivity contribution is 6.25. The molecule has 6 nitrogen and oxygen atoms in total. The molecule has 0 aromatic heterocycles. The Morgan fingerprint density at radius 1 is 1.47 bits per heavy atom. The summed E-state index contributed by atoms with van der Waals surface area (Å²) in [5.41, 5.74) is 0. The molecule has 0 aliphatic carbocycles. The van der Waals surface area contributed by atoms with Crippen LogP contribution < -0.4 is 5.32 Å². The molecule has 1 unspecified atom stereocenters. The van der Waals surface area contributed by atoms with Crippen LogP contribution in [0.2, 0.25) is 6.04 Å². The van der Waals surface area contributed by atoms with Crippen LogP contribution in [0.1, 0.15) is 26.7 Å². The van der Waals surface area contributed by atoms with Gasteiger partial charge in [-0.15, -0.1) is 0 Å². The van der Waals surface area contributed by atoms with Crippen LogP contribution in [-0.4, -0.2) is 45.9 Å². The monoisotopic (exact) mass is 263 g/mol. The molecule has 1 amide bonds. The molecule has 100 valence electrons. The van der Waals surface area contributed by atoms with Crippen molar-refractivity contribution < 1.29 is 23.9 Å². The van der Waals surface area contributed by atoms with E-state index < -0.39 is 27.9 Å². The average molecular weight is 263 g/mol. The van der Waals surface area contributed by atoms with E-state index in [0.29, 0.717) is 13.2 Å². The van der Waals surface area contributed by atoms with Gasteiger partial charge in [0.15, 0.2) is 15.9 Å². The second kappa shape index (κ2) is 10.1. The Bertz CT molecular complexity index is 237. The van der Waals surface area contributed by atoms with Crippen LogP contribution >= 0.6 is 0 Å². The predicted molar refractivity (Wildman–Crippen MR) is 65.4 cm³/mol. The first-order valence-corrected chi connectivity index (χ1v) is 7.47. The van der Waals surface area contributed by atoms with Crippen LogP contribution in [0.25, 0.3) is 0 Å². The van der Waals surface area contributed by atoms with E-state index in [1.807, 2.05) is 6.92 Å². The number of esters is 1. The molecule has 0 saturated carbocycles. The quantitative estimate of drug-likeness (QED) is 0.364. The predicted octanol–water partition coefficient (Wildman–Crippen LogP) is -0.0612. The molecule has 17 heavy (non-hydrogen) atoms. The lowest BCUT2D eigenvalue weighted by Crippen LogP contribution is -2.33. The maximum atomic E-state index is 11.3. The van der Waals surface area contributed by atoms with E-state index in [1.54, 1.807) is 0 Å². The second-order valence-electron chi connectivity index (χ2n) is 3.57. The number of ether oxygens (including phenoxy) is 2. The van der Waals surface area contributed by atoms with Gasteiger partial charge in [0.05, 0.1) is 6.61 Å². The Balaban J connectivity index is 3.67. The molecule has 0 bridgehead atoms. The molecule has 2 N–H and O–H groups in total. The third-order valence-corrected chi connectivity index (χ3v) is 2.73. The van der Waals surface area contributed by atoms with Gasteiger partial charge in [0.1, 0.15) is 0 Å². The Kier molecular flexibility index (Phi) is 9.45. The molecule has 0 aromatic rings. The maximum Gasteiger partial charge on any atom is 0.407 e. The lowest BCUT2D eigenvalue weighted by atomic mass is 10.4. The van der Waals surface area contributed by atoms with Gasteiger partial charge in [-0.3, -0.25) is 0 Å². The van der Waals surface area contributed by atoms with Crippen LogP contribution in [0.15, 0.2) is 0 Å². The van der Waals surface area contributed by atoms with Gasteiger partial charge in [-0.25, -0.2) is 9.59 Å². The molecule has 7 heteroatoms. The highest BCUT2D eigenvalue weighted by Gasteiger charge is 2.18. The molecular weight excluding hydrogens is 242 g/mol. The molecule has 0 aliphatic heterocycles. The van der Waals surface area contributed by atoms with Crippen molar-refractivity contribution in [3.63, 3.8) is 0 Å². The molecule has 0 aliphatic rings. The first-order chi connectivity index (χ1) is 8.11. The van der Waals surface area contributed by atoms with E-state index in [4.69, 9.17) is 14.3 Å². The van der Waals surface area contributed by atoms with Crippen molar-refractivity contribution in [1.29, 1.82) is 0 Å². The number of carbonyl (C=O) groups excluding carboxylic acids is 2. The zero-order valence-corrected chi connectivity index (χ0v) is 11.8. The smallest absolute Gasteiger partial charge is 0.407 e. The molecule has 0 rings (SSSR count). The molecular formula is C10H21NO5Si. The van der Waals surface area contributed by atoms with Gasteiger partial charge >= 0.3 is 12.1 Å². The van der Waals surface area contributed by atoms with Gasteiger partial charge in [0.2, 0.25) is 0 Å². The first kappa shape index (κ1) is 15.9. The van der Waals surface area contributed by atoms with Crippen LogP contribution in [0, 0.1) is 0 Å². The van der Waals surface area contributed by atoms with Crippen molar-refractivity contribution in [3.8, 4) is 0 Å². The molecule has 0 fully saturated rings. The van der Waals surface area contributed by atoms with E-state index in [2.05, 4.69) is 5.32 Å². The van der Waals surface area contributed by atoms with Crippen LogP contribution in [0.4, 0.5) is 4.79 Å². The summed E-state index contributed by atoms with van der Waals surface area (Å²) in [5.74, 6) is -0.537. The van der Waals surface area contributed by atoms with Crippen molar-refractivity contribution in [2.45, 2.75) is 38.8 Å². The Morgan fingerprint density at radius 3 is 2.76 bits per heavy atom. The van der Waals surface area contributed by atoms with Crippen LogP contribution in [0.3, 0.4) is 0 Å². The summed E-state index contributed by atoms with van der Waals surface area (Å²) in [5, 5.41) is 2.50. The number of amides is 1. The Hall–Kier alpha value is -1.08. The highest BCUT2D eigenvalue weighted by atomic mass is 28.2. The minimum atomic E-state index is -0.942. The third-order valence-electron chi connectivity index (χ3n) is 1.92. The third kappa shape index (κ3) is 8.70. The van der Waals surface area contributed by atoms with Gasteiger partial charge in [-0.2, -0.15) is 0 Å². The largest absolute Gasteiger partial charge is 0.463 e. The summed E-state index contributed by atoms with van der Waals surface area (Å²) in [6.07, 6.45) is -0.0679. The van der Waals surface area contributed by atoms with Crippen LogP contribution in [-0.2, 0) is 14.3 Å². The van der Waals surface area contributed by atoms with Crippen molar-refractivity contribution >= 4 is 21.8 Å². The standard InChI is InChI=1S/C10H21NO5Si/c1-3-6-15-9(12)8(2)16-10(13)11-5-4-7-17-14/h8,14H,3-7,17H2,1-2H3,(H,11,13). The fourth-order valence-corrected chi connectivity index (χ4v) is 1.47. The normalized spacial score (nSPS) is 12.4. The molecule has 0 radical (unpaired) electrons. The van der Waals surface area contributed by atoms with Crippen molar-refractivity contribution in [3.05, 3.63) is 0 Å².